The van der Waals surface area contributed by atoms with Crippen molar-refractivity contribution in [1.82, 2.24) is 5.32 Å². The van der Waals surface area contributed by atoms with Gasteiger partial charge in [0.05, 0.1) is 17.4 Å². The average Bonchev–Trinajstić information content (AvgIpc) is 2.86. The second-order valence-electron chi connectivity index (χ2n) is 5.90. The van der Waals surface area contributed by atoms with Crippen molar-refractivity contribution < 1.29 is 14.6 Å². The lowest BCUT2D eigenvalue weighted by atomic mass is 10.0. The van der Waals surface area contributed by atoms with Gasteiger partial charge in [0, 0.05) is 6.54 Å². The van der Waals surface area contributed by atoms with E-state index in [9.17, 15) is 9.90 Å². The van der Waals surface area contributed by atoms with Crippen molar-refractivity contribution in [3.8, 4) is 5.75 Å². The standard InChI is InChI=1S/C16H24N2O3/c1-12(2)21-14-8-4-3-7-13(14)18-15(19)17-11-16(20)9-5-6-10-16/h3-4,7-8,12,20H,5-6,9-11H2,1-2H3,(H2,17,18,19). The summed E-state index contributed by atoms with van der Waals surface area (Å²) in [5.41, 5.74) is -0.118. The highest BCUT2D eigenvalue weighted by Gasteiger charge is 2.31. The molecule has 1 aromatic rings. The van der Waals surface area contributed by atoms with E-state index < -0.39 is 5.60 Å². The molecular formula is C16H24N2O3. The predicted molar refractivity (Wildman–Crippen MR) is 82.6 cm³/mol. The smallest absolute Gasteiger partial charge is 0.319 e. The van der Waals surface area contributed by atoms with E-state index in [2.05, 4.69) is 10.6 Å². The summed E-state index contributed by atoms with van der Waals surface area (Å²) in [4.78, 5) is 12.0. The Morgan fingerprint density at radius 1 is 1.33 bits per heavy atom. The molecule has 116 valence electrons. The molecule has 5 heteroatoms. The van der Waals surface area contributed by atoms with E-state index in [0.29, 0.717) is 11.4 Å². The molecule has 0 heterocycles. The SMILES string of the molecule is CC(C)Oc1ccccc1NC(=O)NCC1(O)CCCC1. The molecule has 1 aliphatic rings. The number of carbonyl (C=O) groups excluding carboxylic acids is 1. The predicted octanol–water partition coefficient (Wildman–Crippen LogP) is 2.90. The number of nitrogens with one attached hydrogen (secondary N) is 2. The van der Waals surface area contributed by atoms with Crippen LogP contribution in [0, 0.1) is 0 Å². The second kappa shape index (κ2) is 6.80. The molecule has 21 heavy (non-hydrogen) atoms. The zero-order valence-corrected chi connectivity index (χ0v) is 12.7. The minimum atomic E-state index is -0.745. The number of anilines is 1. The minimum Gasteiger partial charge on any atom is -0.489 e. The molecule has 0 aliphatic heterocycles. The molecule has 3 N–H and O–H groups in total. The molecular weight excluding hydrogens is 268 g/mol. The van der Waals surface area contributed by atoms with Crippen LogP contribution in [0.4, 0.5) is 10.5 Å². The highest BCUT2D eigenvalue weighted by Crippen LogP contribution is 2.29. The Labute approximate surface area is 125 Å². The number of ether oxygens (including phenoxy) is 1. The van der Waals surface area contributed by atoms with Crippen molar-refractivity contribution in [1.29, 1.82) is 0 Å². The number of hydrogen-bond donors (Lipinski definition) is 3. The molecule has 1 aromatic carbocycles. The number of carbonyl (C=O) groups is 1. The van der Waals surface area contributed by atoms with E-state index in [1.165, 1.54) is 0 Å². The molecule has 1 fully saturated rings. The molecule has 0 radical (unpaired) electrons. The fourth-order valence-electron chi connectivity index (χ4n) is 2.55. The highest BCUT2D eigenvalue weighted by molar-refractivity contribution is 5.90. The van der Waals surface area contributed by atoms with Gasteiger partial charge in [-0.15, -0.1) is 0 Å². The Kier molecular flexibility index (Phi) is 5.07. The Balaban J connectivity index is 1.90. The van der Waals surface area contributed by atoms with Gasteiger partial charge in [-0.05, 0) is 38.8 Å². The van der Waals surface area contributed by atoms with Crippen LogP contribution in [0.3, 0.4) is 0 Å². The van der Waals surface area contributed by atoms with Gasteiger partial charge >= 0.3 is 6.03 Å². The fourth-order valence-corrected chi connectivity index (χ4v) is 2.55. The van der Waals surface area contributed by atoms with Gasteiger partial charge in [0.2, 0.25) is 0 Å². The van der Waals surface area contributed by atoms with Crippen molar-refractivity contribution in [2.75, 3.05) is 11.9 Å². The zero-order chi connectivity index (χ0) is 15.3. The van der Waals surface area contributed by atoms with Gasteiger partial charge in [0.15, 0.2) is 0 Å². The molecule has 2 amide bonds. The number of amides is 2. The molecule has 0 spiro atoms. The number of aliphatic hydroxyl groups is 1. The van der Waals surface area contributed by atoms with Crippen LogP contribution in [-0.4, -0.2) is 29.4 Å². The van der Waals surface area contributed by atoms with Crippen LogP contribution < -0.4 is 15.4 Å². The average molecular weight is 292 g/mol. The number of benzene rings is 1. The first kappa shape index (κ1) is 15.6. The lowest BCUT2D eigenvalue weighted by Gasteiger charge is -2.22. The molecule has 0 saturated heterocycles. The molecule has 0 aromatic heterocycles. The molecule has 0 bridgehead atoms. The summed E-state index contributed by atoms with van der Waals surface area (Å²) in [6, 6.07) is 6.99. The zero-order valence-electron chi connectivity index (χ0n) is 12.7. The first-order valence-corrected chi connectivity index (χ1v) is 7.51. The van der Waals surface area contributed by atoms with Gasteiger partial charge in [-0.1, -0.05) is 25.0 Å². The lowest BCUT2D eigenvalue weighted by molar-refractivity contribution is 0.0506. The van der Waals surface area contributed by atoms with Gasteiger partial charge in [0.25, 0.3) is 0 Å². The van der Waals surface area contributed by atoms with Crippen LogP contribution in [-0.2, 0) is 0 Å². The molecule has 5 nitrogen and oxygen atoms in total. The van der Waals surface area contributed by atoms with Crippen molar-refractivity contribution in [3.63, 3.8) is 0 Å². The van der Waals surface area contributed by atoms with Crippen LogP contribution >= 0.6 is 0 Å². The fraction of sp³-hybridized carbons (Fsp3) is 0.562. The summed E-state index contributed by atoms with van der Waals surface area (Å²) < 4.78 is 5.65. The highest BCUT2D eigenvalue weighted by atomic mass is 16.5. The van der Waals surface area contributed by atoms with Crippen LogP contribution in [0.15, 0.2) is 24.3 Å². The van der Waals surface area contributed by atoms with Crippen molar-refractivity contribution >= 4 is 11.7 Å². The van der Waals surface area contributed by atoms with E-state index in [1.807, 2.05) is 32.0 Å². The third kappa shape index (κ3) is 4.63. The number of para-hydroxylation sites is 2. The van der Waals surface area contributed by atoms with Crippen LogP contribution in [0.5, 0.6) is 5.75 Å². The Morgan fingerprint density at radius 2 is 2.00 bits per heavy atom. The molecule has 0 atom stereocenters. The molecule has 1 aliphatic carbocycles. The van der Waals surface area contributed by atoms with Gasteiger partial charge in [-0.2, -0.15) is 0 Å². The Morgan fingerprint density at radius 3 is 2.67 bits per heavy atom. The summed E-state index contributed by atoms with van der Waals surface area (Å²) >= 11 is 0. The minimum absolute atomic E-state index is 0.0372. The van der Waals surface area contributed by atoms with Gasteiger partial charge in [0.1, 0.15) is 5.75 Å². The number of urea groups is 1. The normalized spacial score (nSPS) is 16.8. The molecule has 1 saturated carbocycles. The van der Waals surface area contributed by atoms with Crippen LogP contribution in [0.2, 0.25) is 0 Å². The third-order valence-electron chi connectivity index (χ3n) is 3.61. The summed E-state index contributed by atoms with van der Waals surface area (Å²) in [6.07, 6.45) is 3.58. The van der Waals surface area contributed by atoms with E-state index in [-0.39, 0.29) is 18.7 Å². The van der Waals surface area contributed by atoms with Crippen LogP contribution in [0.1, 0.15) is 39.5 Å². The van der Waals surface area contributed by atoms with Gasteiger partial charge in [-0.25, -0.2) is 4.79 Å². The summed E-state index contributed by atoms with van der Waals surface area (Å²) in [5, 5.41) is 15.7. The maximum Gasteiger partial charge on any atom is 0.319 e. The largest absolute Gasteiger partial charge is 0.489 e. The first-order valence-electron chi connectivity index (χ1n) is 7.51. The van der Waals surface area contributed by atoms with Crippen molar-refractivity contribution in [2.45, 2.75) is 51.2 Å². The summed E-state index contributed by atoms with van der Waals surface area (Å²) in [5.74, 6) is 0.641. The maximum absolute atomic E-state index is 12.0. The van der Waals surface area contributed by atoms with Crippen molar-refractivity contribution in [3.05, 3.63) is 24.3 Å². The van der Waals surface area contributed by atoms with Crippen molar-refractivity contribution in [2.24, 2.45) is 0 Å². The van der Waals surface area contributed by atoms with E-state index in [1.54, 1.807) is 6.07 Å². The first-order chi connectivity index (χ1) is 9.98. The second-order valence-corrected chi connectivity index (χ2v) is 5.90. The third-order valence-corrected chi connectivity index (χ3v) is 3.61. The maximum atomic E-state index is 12.0. The number of rotatable bonds is 5. The monoisotopic (exact) mass is 292 g/mol. The summed E-state index contributed by atoms with van der Waals surface area (Å²) in [7, 11) is 0. The van der Waals surface area contributed by atoms with E-state index in [4.69, 9.17) is 4.74 Å². The summed E-state index contributed by atoms with van der Waals surface area (Å²) in [6.45, 7) is 4.16. The molecule has 0 unspecified atom stereocenters. The topological polar surface area (TPSA) is 70.6 Å². The lowest BCUT2D eigenvalue weighted by Crippen LogP contribution is -2.42. The van der Waals surface area contributed by atoms with E-state index >= 15 is 0 Å². The van der Waals surface area contributed by atoms with Gasteiger partial charge in [-0.3, -0.25) is 0 Å². The van der Waals surface area contributed by atoms with E-state index in [0.717, 1.165) is 25.7 Å². The Bertz CT molecular complexity index is 482. The molecule has 2 rings (SSSR count). The quantitative estimate of drug-likeness (QED) is 0.781. The Hall–Kier alpha value is -1.75. The van der Waals surface area contributed by atoms with Crippen LogP contribution in [0.25, 0.3) is 0 Å². The number of hydrogen-bond acceptors (Lipinski definition) is 3. The van der Waals surface area contributed by atoms with Gasteiger partial charge < -0.3 is 20.5 Å².